The maximum absolute atomic E-state index is 11.0. The standard InChI is InChI=1S/C15H19ClN2O2/c1-4-8-18-14(13(16)10-17-18)15(2,19)11-6-5-7-12(9-11)20-3/h5-7,9-10,19H,4,8H2,1-3H3. The van der Waals surface area contributed by atoms with E-state index >= 15 is 0 Å². The fourth-order valence-electron chi connectivity index (χ4n) is 2.29. The monoisotopic (exact) mass is 294 g/mol. The Morgan fingerprint density at radius 3 is 2.85 bits per heavy atom. The third-order valence-electron chi connectivity index (χ3n) is 3.32. The number of rotatable bonds is 5. The van der Waals surface area contributed by atoms with Crippen LogP contribution < -0.4 is 4.74 Å². The number of hydrogen-bond acceptors (Lipinski definition) is 3. The molecule has 1 aromatic carbocycles. The van der Waals surface area contributed by atoms with Gasteiger partial charge in [-0.3, -0.25) is 4.68 Å². The Labute approximate surface area is 123 Å². The van der Waals surface area contributed by atoms with Crippen molar-refractivity contribution in [3.63, 3.8) is 0 Å². The predicted octanol–water partition coefficient (Wildman–Crippen LogP) is 3.21. The van der Waals surface area contributed by atoms with E-state index in [1.165, 1.54) is 0 Å². The van der Waals surface area contributed by atoms with E-state index in [9.17, 15) is 5.11 Å². The van der Waals surface area contributed by atoms with Gasteiger partial charge in [0.25, 0.3) is 0 Å². The van der Waals surface area contributed by atoms with Crippen molar-refractivity contribution in [3.8, 4) is 5.75 Å². The highest BCUT2D eigenvalue weighted by atomic mass is 35.5. The van der Waals surface area contributed by atoms with Gasteiger partial charge in [-0.1, -0.05) is 30.7 Å². The summed E-state index contributed by atoms with van der Waals surface area (Å²) in [6, 6.07) is 7.34. The van der Waals surface area contributed by atoms with Crippen molar-refractivity contribution in [3.05, 3.63) is 46.7 Å². The molecule has 1 atom stereocenters. The lowest BCUT2D eigenvalue weighted by Gasteiger charge is -2.26. The van der Waals surface area contributed by atoms with Crippen molar-refractivity contribution in [1.82, 2.24) is 9.78 Å². The van der Waals surface area contributed by atoms with Gasteiger partial charge in [0.2, 0.25) is 0 Å². The number of nitrogens with zero attached hydrogens (tertiary/aromatic N) is 2. The number of benzene rings is 1. The lowest BCUT2D eigenvalue weighted by Crippen LogP contribution is -2.27. The van der Waals surface area contributed by atoms with Crippen molar-refractivity contribution in [2.24, 2.45) is 0 Å². The highest BCUT2D eigenvalue weighted by molar-refractivity contribution is 6.31. The molecule has 1 unspecified atom stereocenters. The van der Waals surface area contributed by atoms with Crippen LogP contribution in [0.4, 0.5) is 0 Å². The lowest BCUT2D eigenvalue weighted by molar-refractivity contribution is 0.0912. The molecule has 5 heteroatoms. The molecular formula is C15H19ClN2O2. The number of halogens is 1. The molecule has 1 heterocycles. The van der Waals surface area contributed by atoms with Crippen LogP contribution in [0.1, 0.15) is 31.5 Å². The fourth-order valence-corrected chi connectivity index (χ4v) is 2.62. The Morgan fingerprint density at radius 2 is 2.20 bits per heavy atom. The van der Waals surface area contributed by atoms with Crippen molar-refractivity contribution in [1.29, 1.82) is 0 Å². The molecular weight excluding hydrogens is 276 g/mol. The molecule has 20 heavy (non-hydrogen) atoms. The molecule has 0 saturated carbocycles. The molecule has 108 valence electrons. The molecule has 0 fully saturated rings. The number of hydrogen-bond donors (Lipinski definition) is 1. The van der Waals surface area contributed by atoms with Crippen molar-refractivity contribution < 1.29 is 9.84 Å². The minimum absolute atomic E-state index is 0.464. The summed E-state index contributed by atoms with van der Waals surface area (Å²) in [5.74, 6) is 0.695. The quantitative estimate of drug-likeness (QED) is 0.921. The first-order valence-electron chi connectivity index (χ1n) is 6.59. The number of aliphatic hydroxyl groups is 1. The molecule has 0 radical (unpaired) electrons. The summed E-state index contributed by atoms with van der Waals surface area (Å²) in [5.41, 5.74) is 0.1000. The maximum atomic E-state index is 11.0. The summed E-state index contributed by atoms with van der Waals surface area (Å²) in [6.07, 6.45) is 2.49. The molecule has 0 bridgehead atoms. The minimum Gasteiger partial charge on any atom is -0.497 e. The number of aryl methyl sites for hydroxylation is 1. The third-order valence-corrected chi connectivity index (χ3v) is 3.60. The average molecular weight is 295 g/mol. The van der Waals surface area contributed by atoms with E-state index in [1.54, 1.807) is 31.0 Å². The number of methoxy groups -OCH3 is 1. The van der Waals surface area contributed by atoms with Gasteiger partial charge in [0.15, 0.2) is 0 Å². The van der Waals surface area contributed by atoms with Crippen LogP contribution in [0.25, 0.3) is 0 Å². The highest BCUT2D eigenvalue weighted by Crippen LogP contribution is 2.35. The van der Waals surface area contributed by atoms with Gasteiger partial charge in [-0.15, -0.1) is 0 Å². The van der Waals surface area contributed by atoms with Crippen LogP contribution in [0.3, 0.4) is 0 Å². The Morgan fingerprint density at radius 1 is 1.45 bits per heavy atom. The zero-order chi connectivity index (χ0) is 14.8. The molecule has 0 aliphatic rings. The molecule has 0 aliphatic carbocycles. The molecule has 4 nitrogen and oxygen atoms in total. The van der Waals surface area contributed by atoms with E-state index in [-0.39, 0.29) is 0 Å². The predicted molar refractivity (Wildman–Crippen MR) is 79.2 cm³/mol. The molecule has 0 saturated heterocycles. The Hall–Kier alpha value is -1.52. The van der Waals surface area contributed by atoms with Crippen LogP contribution in [0.2, 0.25) is 5.02 Å². The van der Waals surface area contributed by atoms with Gasteiger partial charge in [0.1, 0.15) is 11.4 Å². The molecule has 0 spiro atoms. The van der Waals surface area contributed by atoms with Crippen LogP contribution in [0, 0.1) is 0 Å². The first-order chi connectivity index (χ1) is 9.50. The van der Waals surface area contributed by atoms with Crippen molar-refractivity contribution in [2.75, 3.05) is 7.11 Å². The largest absolute Gasteiger partial charge is 0.497 e. The van der Waals surface area contributed by atoms with Gasteiger partial charge in [-0.05, 0) is 31.0 Å². The lowest BCUT2D eigenvalue weighted by atomic mass is 9.92. The third kappa shape index (κ3) is 2.67. The number of ether oxygens (including phenoxy) is 1. The minimum atomic E-state index is -1.22. The summed E-state index contributed by atoms with van der Waals surface area (Å²) in [7, 11) is 1.60. The first kappa shape index (κ1) is 14.9. The SMILES string of the molecule is CCCn1ncc(Cl)c1C(C)(O)c1cccc(OC)c1. The van der Waals surface area contributed by atoms with E-state index in [0.29, 0.717) is 23.0 Å². The van der Waals surface area contributed by atoms with Crippen LogP contribution in [-0.2, 0) is 12.1 Å². The second-order valence-electron chi connectivity index (χ2n) is 4.87. The van der Waals surface area contributed by atoms with Gasteiger partial charge in [0, 0.05) is 6.54 Å². The van der Waals surface area contributed by atoms with Crippen molar-refractivity contribution >= 4 is 11.6 Å². The van der Waals surface area contributed by atoms with Crippen LogP contribution >= 0.6 is 11.6 Å². The van der Waals surface area contributed by atoms with Gasteiger partial charge >= 0.3 is 0 Å². The summed E-state index contributed by atoms with van der Waals surface area (Å²) in [6.45, 7) is 4.48. The molecule has 1 N–H and O–H groups in total. The topological polar surface area (TPSA) is 47.3 Å². The Bertz CT molecular complexity index is 593. The van der Waals surface area contributed by atoms with Crippen molar-refractivity contribution in [2.45, 2.75) is 32.4 Å². The fraction of sp³-hybridized carbons (Fsp3) is 0.400. The zero-order valence-electron chi connectivity index (χ0n) is 11.9. The van der Waals surface area contributed by atoms with E-state index in [4.69, 9.17) is 16.3 Å². The van der Waals surface area contributed by atoms with E-state index in [2.05, 4.69) is 12.0 Å². The molecule has 2 aromatic rings. The number of aromatic nitrogens is 2. The average Bonchev–Trinajstić information content (AvgIpc) is 2.81. The van der Waals surface area contributed by atoms with Gasteiger partial charge in [0.05, 0.1) is 24.0 Å². The molecule has 1 aromatic heterocycles. The van der Waals surface area contributed by atoms with Crippen LogP contribution in [-0.4, -0.2) is 22.0 Å². The molecule has 0 amide bonds. The maximum Gasteiger partial charge on any atom is 0.130 e. The van der Waals surface area contributed by atoms with Gasteiger partial charge < -0.3 is 9.84 Å². The summed E-state index contributed by atoms with van der Waals surface area (Å²) in [5, 5.41) is 15.7. The second-order valence-corrected chi connectivity index (χ2v) is 5.28. The van der Waals surface area contributed by atoms with E-state index < -0.39 is 5.60 Å². The second kappa shape index (κ2) is 5.85. The Kier molecular flexibility index (Phi) is 4.35. The normalized spacial score (nSPS) is 14.1. The molecule has 2 rings (SSSR count). The summed E-state index contributed by atoms with van der Waals surface area (Å²) < 4.78 is 6.96. The van der Waals surface area contributed by atoms with Crippen LogP contribution in [0.15, 0.2) is 30.5 Å². The summed E-state index contributed by atoms with van der Waals surface area (Å²) in [4.78, 5) is 0. The summed E-state index contributed by atoms with van der Waals surface area (Å²) >= 11 is 6.21. The van der Waals surface area contributed by atoms with E-state index in [0.717, 1.165) is 12.0 Å². The van der Waals surface area contributed by atoms with Gasteiger partial charge in [-0.2, -0.15) is 5.10 Å². The Balaban J connectivity index is 2.50. The first-order valence-corrected chi connectivity index (χ1v) is 6.97. The smallest absolute Gasteiger partial charge is 0.130 e. The molecule has 0 aliphatic heterocycles. The zero-order valence-corrected chi connectivity index (χ0v) is 12.7. The van der Waals surface area contributed by atoms with E-state index in [1.807, 2.05) is 18.2 Å². The van der Waals surface area contributed by atoms with Crippen LogP contribution in [0.5, 0.6) is 5.75 Å². The van der Waals surface area contributed by atoms with Gasteiger partial charge in [-0.25, -0.2) is 0 Å². The highest BCUT2D eigenvalue weighted by Gasteiger charge is 2.32.